The van der Waals surface area contributed by atoms with Crippen LogP contribution < -0.4 is 5.32 Å². The van der Waals surface area contributed by atoms with Gasteiger partial charge in [0.15, 0.2) is 10.3 Å². The number of allylic oxidation sites excluding steroid dienone is 2. The van der Waals surface area contributed by atoms with E-state index in [-0.39, 0.29) is 60.0 Å². The molecule has 19 nitrogen and oxygen atoms in total. The molecule has 4 aromatic rings. The predicted molar refractivity (Wildman–Crippen MR) is 373 cm³/mol. The fourth-order valence-corrected chi connectivity index (χ4v) is 17.6. The van der Waals surface area contributed by atoms with Crippen LogP contribution in [0.2, 0.25) is 20.1 Å². The number of benzene rings is 4. The van der Waals surface area contributed by atoms with Crippen LogP contribution in [0.5, 0.6) is 0 Å². The average molecular weight is 1410 g/mol. The highest BCUT2D eigenvalue weighted by molar-refractivity contribution is 8.18. The Balaban J connectivity index is 0.000000183. The van der Waals surface area contributed by atoms with Crippen molar-refractivity contribution < 1.29 is 33.9 Å². The summed E-state index contributed by atoms with van der Waals surface area (Å²) in [5.41, 5.74) is 4.07. The Morgan fingerprint density at radius 2 is 0.968 bits per heavy atom. The first-order chi connectivity index (χ1) is 45.1. The van der Waals surface area contributed by atoms with Crippen LogP contribution in [0.25, 0.3) is 0 Å². The fraction of sp³-hybridized carbons (Fsp3) is 0.457. The van der Waals surface area contributed by atoms with Crippen LogP contribution in [-0.4, -0.2) is 161 Å². The second kappa shape index (κ2) is 28.9. The monoisotopic (exact) mass is 1400 g/mol. The summed E-state index contributed by atoms with van der Waals surface area (Å²) in [6, 6.07) is 31.4. The summed E-state index contributed by atoms with van der Waals surface area (Å²) in [5, 5.41) is 36.7. The number of aliphatic carboxylic acids is 1. The first-order valence-corrected chi connectivity index (χ1v) is 35.1. The van der Waals surface area contributed by atoms with Gasteiger partial charge < -0.3 is 44.7 Å². The second-order valence-corrected chi connectivity index (χ2v) is 29.7. The van der Waals surface area contributed by atoms with Crippen molar-refractivity contribution in [3.8, 4) is 12.1 Å². The molecule has 0 aromatic heterocycles. The van der Waals surface area contributed by atoms with Gasteiger partial charge in [-0.2, -0.15) is 10.5 Å². The molecule has 8 aliphatic heterocycles. The number of nitriles is 2. The van der Waals surface area contributed by atoms with Crippen molar-refractivity contribution in [2.75, 3.05) is 39.3 Å². The summed E-state index contributed by atoms with van der Waals surface area (Å²) < 4.78 is 0. The molecule has 0 aliphatic carbocycles. The van der Waals surface area contributed by atoms with Gasteiger partial charge in [0.1, 0.15) is 45.1 Å². The van der Waals surface area contributed by atoms with Crippen LogP contribution in [0, 0.1) is 34.5 Å². The van der Waals surface area contributed by atoms with Crippen molar-refractivity contribution in [3.63, 3.8) is 0 Å². The zero-order valence-corrected chi connectivity index (χ0v) is 59.4. The predicted octanol–water partition coefficient (Wildman–Crippen LogP) is 12.2. The van der Waals surface area contributed by atoms with Gasteiger partial charge in [0.05, 0.1) is 24.2 Å². The van der Waals surface area contributed by atoms with Gasteiger partial charge in [-0.15, -0.1) is 0 Å². The van der Waals surface area contributed by atoms with E-state index in [1.165, 1.54) is 40.2 Å². The van der Waals surface area contributed by atoms with E-state index in [0.717, 1.165) is 53.3 Å². The van der Waals surface area contributed by atoms with E-state index in [0.29, 0.717) is 85.2 Å². The Kier molecular flexibility index (Phi) is 21.5. The van der Waals surface area contributed by atoms with Gasteiger partial charge in [-0.05, 0) is 160 Å². The van der Waals surface area contributed by atoms with Crippen LogP contribution in [0.1, 0.15) is 129 Å². The standard InChI is InChI=1S/C35H38Cl2N6O3S.C28H26Cl2N4O3S.C7H14N2O/c1-20(2)29-30(33(46)42-27(18-38)14-15-28(42)32(45)40-16-17-41(22(4)44)21(3)19-40)47-34-39-35(5,24-8-12-26(37)13-9-24)31(43(29)34)23-6-10-25(36)11-7-23;1-15(2)22-23(25(35)33-20(14-31)12-13-21(33)26(36)37)38-27-32-28(3,17-6-10-19(30)11-7-17)24(34(22)27)16-4-8-18(29)9-5-16;1-6-5-8-3-4-9(6)7(2)10/h6-13,20-21,27-28,31H,14-17,19H2,1-5H3;4-11,15,20-21,24H,12-13H2,1-3H3,(H,36,37);6,8H,3-5H2,1-2H3/t21-,27+,28+,31-,35+;20-,21-,24+,28-;6-/m101/s1. The summed E-state index contributed by atoms with van der Waals surface area (Å²) in [6.07, 6.45) is 1.41. The highest BCUT2D eigenvalue weighted by atomic mass is 35.5. The lowest BCUT2D eigenvalue weighted by Crippen LogP contribution is -2.58. The minimum Gasteiger partial charge on any atom is -0.480 e. The maximum atomic E-state index is 14.7. The van der Waals surface area contributed by atoms with Crippen LogP contribution in [0.3, 0.4) is 0 Å². The van der Waals surface area contributed by atoms with Gasteiger partial charge in [0, 0.05) is 96.7 Å². The number of aliphatic imine (C=N–C) groups is 2. The molecule has 500 valence electrons. The highest BCUT2D eigenvalue weighted by Crippen LogP contribution is 2.59. The molecule has 0 bridgehead atoms. The first kappa shape index (κ1) is 70.7. The van der Waals surface area contributed by atoms with E-state index >= 15 is 0 Å². The number of hydrogen-bond acceptors (Lipinski definition) is 15. The van der Waals surface area contributed by atoms with Crippen molar-refractivity contribution in [1.29, 1.82) is 10.5 Å². The molecule has 0 unspecified atom stereocenters. The molecular formula is C70H78Cl4N12O7S2. The van der Waals surface area contributed by atoms with Gasteiger partial charge >= 0.3 is 5.97 Å². The van der Waals surface area contributed by atoms with Gasteiger partial charge in [-0.25, -0.2) is 14.8 Å². The molecule has 0 saturated carbocycles. The SMILES string of the molecule is CC(=O)N1CCN(C(=O)[C@@H]2CC[C@@H](C#N)N2C(=O)C2=C(C(C)C)N3C(=N[C@@](C)(c4ccc(Cl)cc4)[C@H]3c3ccc(Cl)cc3)S2)C[C@H]1C.CC(=O)N1CCNC[C@H]1C.CC(C)C1=C(C(=O)N2[C@H](C#N)CC[C@H]2C(=O)O)SC2=N[C@@](C)(c3ccc(Cl)cc3)[C@@H](c3ccc(Cl)cc3)N21. The van der Waals surface area contributed by atoms with Gasteiger partial charge in [-0.1, -0.05) is 123 Å². The quantitative estimate of drug-likeness (QED) is 0.150. The Hall–Kier alpha value is -7.08. The zero-order valence-electron chi connectivity index (χ0n) is 54.7. The molecule has 4 fully saturated rings. The number of carboxylic acid groups (broad SMARTS) is 1. The number of hydrogen-bond donors (Lipinski definition) is 2. The number of thioether (sulfide) groups is 2. The molecule has 25 heteroatoms. The number of fused-ring (bicyclic) bond motifs is 2. The summed E-state index contributed by atoms with van der Waals surface area (Å²) in [6.45, 7) is 23.4. The number of rotatable bonds is 10. The minimum atomic E-state index is -1.10. The number of amides is 5. The molecule has 12 rings (SSSR count). The van der Waals surface area contributed by atoms with E-state index in [1.807, 2.05) is 137 Å². The Labute approximate surface area is 584 Å². The fourth-order valence-electron chi connectivity index (χ4n) is 14.4. The highest BCUT2D eigenvalue weighted by Gasteiger charge is 2.57. The van der Waals surface area contributed by atoms with Gasteiger partial charge in [-0.3, -0.25) is 24.0 Å². The summed E-state index contributed by atoms with van der Waals surface area (Å²) >= 11 is 27.5. The zero-order chi connectivity index (χ0) is 68.7. The molecule has 95 heavy (non-hydrogen) atoms. The molecule has 4 aromatic carbocycles. The van der Waals surface area contributed by atoms with E-state index in [4.69, 9.17) is 56.4 Å². The maximum Gasteiger partial charge on any atom is 0.326 e. The third-order valence-electron chi connectivity index (χ3n) is 19.1. The van der Waals surface area contributed by atoms with Crippen LogP contribution in [0.15, 0.2) is 128 Å². The number of halogens is 4. The molecule has 2 N–H and O–H groups in total. The summed E-state index contributed by atoms with van der Waals surface area (Å²) in [7, 11) is 0. The Bertz CT molecular complexity index is 3880. The number of nitrogens with one attached hydrogen (secondary N) is 1. The van der Waals surface area contributed by atoms with Crippen molar-refractivity contribution >= 4 is 116 Å². The van der Waals surface area contributed by atoms with Crippen molar-refractivity contribution in [1.82, 2.24) is 39.6 Å². The van der Waals surface area contributed by atoms with E-state index in [1.54, 1.807) is 16.7 Å². The molecule has 10 atom stereocenters. The summed E-state index contributed by atoms with van der Waals surface area (Å²) in [5.74, 6) is -2.02. The lowest BCUT2D eigenvalue weighted by atomic mass is 9.81. The number of carbonyl (C=O) groups excluding carboxylic acids is 5. The Morgan fingerprint density at radius 3 is 1.33 bits per heavy atom. The molecule has 4 saturated heterocycles. The second-order valence-electron chi connectivity index (χ2n) is 26.0. The molecule has 0 radical (unpaired) electrons. The van der Waals surface area contributed by atoms with E-state index < -0.39 is 47.1 Å². The van der Waals surface area contributed by atoms with Crippen molar-refractivity contribution in [2.24, 2.45) is 21.8 Å². The third kappa shape index (κ3) is 13.8. The van der Waals surface area contributed by atoms with Crippen molar-refractivity contribution in [2.45, 2.75) is 154 Å². The van der Waals surface area contributed by atoms with Crippen LogP contribution in [-0.2, 0) is 39.8 Å². The minimum absolute atomic E-state index is 0.0225. The van der Waals surface area contributed by atoms with E-state index in [9.17, 15) is 44.4 Å². The summed E-state index contributed by atoms with van der Waals surface area (Å²) in [4.78, 5) is 101. The lowest BCUT2D eigenvalue weighted by Gasteiger charge is -2.41. The Morgan fingerprint density at radius 1 is 0.579 bits per heavy atom. The van der Waals surface area contributed by atoms with Crippen LogP contribution >= 0.6 is 69.9 Å². The molecule has 5 amide bonds. The molecule has 0 spiro atoms. The third-order valence-corrected chi connectivity index (χ3v) is 22.2. The topological polar surface area (TPSA) is 230 Å². The molecule has 8 aliphatic rings. The normalized spacial score (nSPS) is 26.9. The first-order valence-electron chi connectivity index (χ1n) is 32.0. The van der Waals surface area contributed by atoms with Crippen LogP contribution in [0.4, 0.5) is 0 Å². The largest absolute Gasteiger partial charge is 0.480 e. The molecular weight excluding hydrogens is 1330 g/mol. The number of piperazine rings is 2. The maximum absolute atomic E-state index is 14.7. The molecule has 8 heterocycles. The van der Waals surface area contributed by atoms with Gasteiger partial charge in [0.25, 0.3) is 11.8 Å². The number of carboxylic acids is 1. The van der Waals surface area contributed by atoms with E-state index in [2.05, 4.69) is 48.0 Å². The number of likely N-dealkylation sites (tertiary alicyclic amines) is 2. The average Bonchev–Trinajstić information content (AvgIpc) is 1.56. The van der Waals surface area contributed by atoms with Crippen molar-refractivity contribution in [3.05, 3.63) is 161 Å². The lowest BCUT2D eigenvalue weighted by molar-refractivity contribution is -0.147. The number of amidine groups is 2. The number of carbonyl (C=O) groups is 6. The number of nitrogens with zero attached hydrogens (tertiary/aromatic N) is 11. The smallest absolute Gasteiger partial charge is 0.326 e. The van der Waals surface area contributed by atoms with Gasteiger partial charge in [0.2, 0.25) is 17.7 Å².